The molecule has 6 nitrogen and oxygen atoms in total. The number of aryl methyl sites for hydroxylation is 1. The van der Waals surface area contributed by atoms with E-state index in [4.69, 9.17) is 4.74 Å². The Morgan fingerprint density at radius 2 is 2.08 bits per heavy atom. The Hall–Kier alpha value is -1.13. The number of nitrogens with zero attached hydrogens (tertiary/aromatic N) is 1. The Labute approximate surface area is 173 Å². The summed E-state index contributed by atoms with van der Waals surface area (Å²) in [5, 5.41) is 6.55. The van der Waals surface area contributed by atoms with Crippen molar-refractivity contribution in [2.24, 2.45) is 4.99 Å². The molecular formula is C18H28IN3O3S. The second-order valence-electron chi connectivity index (χ2n) is 6.16. The van der Waals surface area contributed by atoms with Crippen LogP contribution in [0, 0.1) is 6.92 Å². The number of sulfone groups is 1. The molecule has 2 rings (SSSR count). The molecule has 0 bridgehead atoms. The van der Waals surface area contributed by atoms with Crippen molar-refractivity contribution in [1.82, 2.24) is 10.6 Å². The van der Waals surface area contributed by atoms with Gasteiger partial charge in [0, 0.05) is 26.4 Å². The molecule has 146 valence electrons. The van der Waals surface area contributed by atoms with Gasteiger partial charge in [-0.1, -0.05) is 23.8 Å². The van der Waals surface area contributed by atoms with Crippen LogP contribution in [0.15, 0.2) is 39.7 Å². The van der Waals surface area contributed by atoms with E-state index in [1.165, 1.54) is 11.8 Å². The number of benzene rings is 1. The van der Waals surface area contributed by atoms with E-state index >= 15 is 0 Å². The summed E-state index contributed by atoms with van der Waals surface area (Å²) < 4.78 is 28.6. The fourth-order valence-corrected chi connectivity index (χ4v) is 3.74. The predicted octanol–water partition coefficient (Wildman–Crippen LogP) is 2.42. The first-order chi connectivity index (χ1) is 11.9. The lowest BCUT2D eigenvalue weighted by molar-refractivity contribution is 0.153. The van der Waals surface area contributed by atoms with Crippen molar-refractivity contribution in [3.63, 3.8) is 0 Å². The first kappa shape index (κ1) is 22.9. The maximum atomic E-state index is 11.7. The molecular weight excluding hydrogens is 465 g/mol. The molecule has 1 heterocycles. The van der Waals surface area contributed by atoms with Crippen LogP contribution >= 0.6 is 24.0 Å². The summed E-state index contributed by atoms with van der Waals surface area (Å²) in [7, 11) is -1.44. The third-order valence-electron chi connectivity index (χ3n) is 4.12. The smallest absolute Gasteiger partial charge is 0.191 e. The summed E-state index contributed by atoms with van der Waals surface area (Å²) in [5.41, 5.74) is 3.19. The molecule has 0 unspecified atom stereocenters. The number of hydrogen-bond donors (Lipinski definition) is 2. The molecule has 1 aliphatic rings. The zero-order valence-electron chi connectivity index (χ0n) is 15.5. The highest BCUT2D eigenvalue weighted by molar-refractivity contribution is 14.0. The van der Waals surface area contributed by atoms with E-state index in [1.807, 2.05) is 19.1 Å². The highest BCUT2D eigenvalue weighted by atomic mass is 127. The van der Waals surface area contributed by atoms with Crippen LogP contribution in [0.5, 0.6) is 0 Å². The summed E-state index contributed by atoms with van der Waals surface area (Å²) in [6.07, 6.45) is 5.35. The van der Waals surface area contributed by atoms with Crippen molar-refractivity contribution in [2.45, 2.75) is 31.2 Å². The maximum Gasteiger partial charge on any atom is 0.191 e. The maximum absolute atomic E-state index is 11.7. The van der Waals surface area contributed by atoms with Gasteiger partial charge in [-0.2, -0.15) is 0 Å². The average Bonchev–Trinajstić information content (AvgIpc) is 2.57. The molecule has 0 aliphatic carbocycles. The van der Waals surface area contributed by atoms with E-state index < -0.39 is 9.84 Å². The van der Waals surface area contributed by atoms with Crippen LogP contribution in [-0.2, 0) is 21.1 Å². The minimum Gasteiger partial charge on any atom is -0.377 e. The second-order valence-corrected chi connectivity index (χ2v) is 8.15. The number of guanidine groups is 1. The summed E-state index contributed by atoms with van der Waals surface area (Å²) >= 11 is 0. The van der Waals surface area contributed by atoms with Gasteiger partial charge in [0.2, 0.25) is 0 Å². The molecule has 1 aliphatic heterocycles. The van der Waals surface area contributed by atoms with Crippen molar-refractivity contribution in [3.05, 3.63) is 41.0 Å². The Balaban J connectivity index is 0.00000338. The van der Waals surface area contributed by atoms with Gasteiger partial charge < -0.3 is 15.4 Å². The monoisotopic (exact) mass is 493 g/mol. The fraction of sp³-hybridized carbons (Fsp3) is 0.500. The summed E-state index contributed by atoms with van der Waals surface area (Å²) in [5.74, 6) is 0.734. The van der Waals surface area contributed by atoms with E-state index in [-0.39, 0.29) is 24.0 Å². The SMILES string of the molecule is CN=C(NCCC1=CCOCC1)NCc1ccc(S(C)(=O)=O)c(C)c1.I. The molecule has 0 aromatic heterocycles. The third kappa shape index (κ3) is 7.24. The second kappa shape index (κ2) is 10.9. The normalized spacial score (nSPS) is 15.0. The minimum atomic E-state index is -3.18. The number of hydrogen-bond acceptors (Lipinski definition) is 4. The zero-order chi connectivity index (χ0) is 18.3. The molecule has 26 heavy (non-hydrogen) atoms. The Morgan fingerprint density at radius 3 is 2.65 bits per heavy atom. The Bertz CT molecular complexity index is 761. The lowest BCUT2D eigenvalue weighted by atomic mass is 10.1. The molecule has 0 saturated carbocycles. The number of rotatable bonds is 6. The minimum absolute atomic E-state index is 0. The molecule has 0 amide bonds. The van der Waals surface area contributed by atoms with Gasteiger partial charge in [-0.25, -0.2) is 8.42 Å². The van der Waals surface area contributed by atoms with Crippen LogP contribution in [0.1, 0.15) is 24.0 Å². The number of halogens is 1. The third-order valence-corrected chi connectivity index (χ3v) is 5.38. The molecule has 1 aromatic carbocycles. The van der Waals surface area contributed by atoms with Crippen molar-refractivity contribution in [1.29, 1.82) is 0 Å². The molecule has 0 saturated heterocycles. The molecule has 0 radical (unpaired) electrons. The van der Waals surface area contributed by atoms with Crippen LogP contribution in [0.4, 0.5) is 0 Å². The average molecular weight is 493 g/mol. The number of aliphatic imine (C=N–C) groups is 1. The largest absolute Gasteiger partial charge is 0.377 e. The standard InChI is InChI=1S/C18H27N3O3S.HI/c1-14-12-16(4-5-17(14)25(3,22)23)13-21-18(19-2)20-9-6-15-7-10-24-11-8-15;/h4-5,7,12H,6,8-11,13H2,1-3H3,(H2,19,20,21);1H. The van der Waals surface area contributed by atoms with Crippen molar-refractivity contribution in [2.75, 3.05) is 33.1 Å². The first-order valence-corrected chi connectivity index (χ1v) is 10.3. The Morgan fingerprint density at radius 1 is 1.31 bits per heavy atom. The van der Waals surface area contributed by atoms with E-state index in [1.54, 1.807) is 13.1 Å². The predicted molar refractivity (Wildman–Crippen MR) is 116 cm³/mol. The van der Waals surface area contributed by atoms with Gasteiger partial charge in [-0.05, 0) is 37.0 Å². The summed E-state index contributed by atoms with van der Waals surface area (Å²) in [6.45, 7) is 4.74. The summed E-state index contributed by atoms with van der Waals surface area (Å²) in [6, 6.07) is 5.38. The Kier molecular flexibility index (Phi) is 9.59. The van der Waals surface area contributed by atoms with Crippen LogP contribution in [-0.4, -0.2) is 47.4 Å². The topological polar surface area (TPSA) is 79.8 Å². The van der Waals surface area contributed by atoms with Crippen LogP contribution in [0.2, 0.25) is 0 Å². The van der Waals surface area contributed by atoms with Crippen molar-refractivity contribution < 1.29 is 13.2 Å². The lowest BCUT2D eigenvalue weighted by Gasteiger charge is -2.16. The van der Waals surface area contributed by atoms with Gasteiger partial charge in [0.15, 0.2) is 15.8 Å². The molecule has 2 N–H and O–H groups in total. The first-order valence-electron chi connectivity index (χ1n) is 8.40. The zero-order valence-corrected chi connectivity index (χ0v) is 18.7. The quantitative estimate of drug-likeness (QED) is 0.276. The summed E-state index contributed by atoms with van der Waals surface area (Å²) in [4.78, 5) is 4.60. The van der Waals surface area contributed by atoms with E-state index in [0.717, 1.165) is 43.1 Å². The van der Waals surface area contributed by atoms with Crippen LogP contribution in [0.25, 0.3) is 0 Å². The van der Waals surface area contributed by atoms with Crippen molar-refractivity contribution in [3.8, 4) is 0 Å². The van der Waals surface area contributed by atoms with E-state index in [2.05, 4.69) is 21.7 Å². The van der Waals surface area contributed by atoms with E-state index in [0.29, 0.717) is 18.0 Å². The van der Waals surface area contributed by atoms with Gasteiger partial charge in [0.1, 0.15) is 0 Å². The van der Waals surface area contributed by atoms with Crippen LogP contribution < -0.4 is 10.6 Å². The molecule has 0 fully saturated rings. The molecule has 0 atom stereocenters. The molecule has 8 heteroatoms. The highest BCUT2D eigenvalue weighted by Crippen LogP contribution is 2.16. The van der Waals surface area contributed by atoms with Crippen LogP contribution in [0.3, 0.4) is 0 Å². The number of ether oxygens (including phenoxy) is 1. The number of nitrogens with one attached hydrogen (secondary N) is 2. The van der Waals surface area contributed by atoms with Gasteiger partial charge in [-0.15, -0.1) is 24.0 Å². The van der Waals surface area contributed by atoms with Crippen molar-refractivity contribution >= 4 is 39.8 Å². The molecule has 0 spiro atoms. The lowest BCUT2D eigenvalue weighted by Crippen LogP contribution is -2.37. The van der Waals surface area contributed by atoms with E-state index in [9.17, 15) is 8.42 Å². The molecule has 1 aromatic rings. The van der Waals surface area contributed by atoms with Gasteiger partial charge in [0.05, 0.1) is 18.1 Å². The van der Waals surface area contributed by atoms with Gasteiger partial charge >= 0.3 is 0 Å². The van der Waals surface area contributed by atoms with Gasteiger partial charge in [0.25, 0.3) is 0 Å². The van der Waals surface area contributed by atoms with Gasteiger partial charge in [-0.3, -0.25) is 4.99 Å². The highest BCUT2D eigenvalue weighted by Gasteiger charge is 2.11. The fourth-order valence-electron chi connectivity index (χ4n) is 2.78.